The van der Waals surface area contributed by atoms with Gasteiger partial charge in [-0.1, -0.05) is 0 Å². The molecule has 1 fully saturated rings. The van der Waals surface area contributed by atoms with Crippen molar-refractivity contribution in [1.82, 2.24) is 5.32 Å². The highest BCUT2D eigenvalue weighted by molar-refractivity contribution is 5.67. The zero-order chi connectivity index (χ0) is 17.1. The Kier molecular flexibility index (Phi) is 9.52. The molecule has 1 rings (SSSR count). The average molecular weight is 331 g/mol. The van der Waals surface area contributed by atoms with Gasteiger partial charge in [0.05, 0.1) is 12.7 Å². The van der Waals surface area contributed by atoms with E-state index in [2.05, 4.69) is 5.32 Å². The molecule has 0 spiro atoms. The first-order valence-corrected chi connectivity index (χ1v) is 8.68. The molecule has 0 saturated carbocycles. The molecule has 23 heavy (non-hydrogen) atoms. The number of alkyl carbamates (subject to hydrolysis) is 1. The predicted molar refractivity (Wildman–Crippen MR) is 88.4 cm³/mol. The number of hydrogen-bond acceptors (Lipinski definition) is 5. The molecular formula is C17H33NO5. The summed E-state index contributed by atoms with van der Waals surface area (Å²) >= 11 is 0. The van der Waals surface area contributed by atoms with E-state index >= 15 is 0 Å². The Morgan fingerprint density at radius 2 is 2.09 bits per heavy atom. The molecule has 1 heterocycles. The molecule has 6 heteroatoms. The second kappa shape index (κ2) is 10.8. The first-order chi connectivity index (χ1) is 10.9. The summed E-state index contributed by atoms with van der Waals surface area (Å²) in [5.74, 6) is 0. The molecule has 0 aromatic rings. The molecule has 1 aliphatic heterocycles. The van der Waals surface area contributed by atoms with Crippen LogP contribution in [-0.4, -0.2) is 50.5 Å². The van der Waals surface area contributed by atoms with Crippen LogP contribution < -0.4 is 5.32 Å². The maximum absolute atomic E-state index is 11.4. The van der Waals surface area contributed by atoms with Crippen molar-refractivity contribution in [2.45, 2.75) is 77.8 Å². The van der Waals surface area contributed by atoms with Gasteiger partial charge in [-0.2, -0.15) is 0 Å². The summed E-state index contributed by atoms with van der Waals surface area (Å²) in [7, 11) is 0. The van der Waals surface area contributed by atoms with Gasteiger partial charge in [-0.05, 0) is 59.8 Å². The minimum atomic E-state index is -0.453. The van der Waals surface area contributed by atoms with Gasteiger partial charge in [-0.25, -0.2) is 4.79 Å². The monoisotopic (exact) mass is 331 g/mol. The molecule has 1 aliphatic rings. The van der Waals surface area contributed by atoms with E-state index < -0.39 is 5.60 Å². The zero-order valence-corrected chi connectivity index (χ0v) is 15.1. The lowest BCUT2D eigenvalue weighted by Crippen LogP contribution is -2.33. The van der Waals surface area contributed by atoms with Crippen LogP contribution in [0.3, 0.4) is 0 Å². The number of carbonyl (C=O) groups excluding carboxylic acids is 1. The van der Waals surface area contributed by atoms with Crippen LogP contribution in [0.25, 0.3) is 0 Å². The summed E-state index contributed by atoms with van der Waals surface area (Å²) in [4.78, 5) is 11.4. The van der Waals surface area contributed by atoms with Crippen LogP contribution in [0.4, 0.5) is 4.79 Å². The highest BCUT2D eigenvalue weighted by Gasteiger charge is 2.17. The van der Waals surface area contributed by atoms with Crippen LogP contribution in [0.5, 0.6) is 0 Å². The minimum absolute atomic E-state index is 0.0398. The van der Waals surface area contributed by atoms with E-state index in [1.54, 1.807) is 0 Å². The number of hydrogen-bond donors (Lipinski definition) is 1. The third kappa shape index (κ3) is 11.3. The third-order valence-electron chi connectivity index (χ3n) is 3.26. The average Bonchev–Trinajstić information content (AvgIpc) is 2.45. The molecule has 0 aromatic carbocycles. The molecule has 0 aromatic heterocycles. The third-order valence-corrected chi connectivity index (χ3v) is 3.26. The molecule has 0 bridgehead atoms. The van der Waals surface area contributed by atoms with Crippen LogP contribution in [-0.2, 0) is 18.9 Å². The normalized spacial score (nSPS) is 20.1. The number of rotatable bonds is 9. The molecule has 1 saturated heterocycles. The van der Waals surface area contributed by atoms with Crippen molar-refractivity contribution < 1.29 is 23.7 Å². The smallest absolute Gasteiger partial charge is 0.407 e. The Labute approximate surface area is 140 Å². The molecule has 6 nitrogen and oxygen atoms in total. The van der Waals surface area contributed by atoms with Gasteiger partial charge >= 0.3 is 6.09 Å². The topological polar surface area (TPSA) is 66.0 Å². The molecule has 136 valence electrons. The van der Waals surface area contributed by atoms with Crippen molar-refractivity contribution in [3.63, 3.8) is 0 Å². The quantitative estimate of drug-likeness (QED) is 0.657. The first-order valence-electron chi connectivity index (χ1n) is 8.68. The standard InChI is InChI=1S/C17H33NO5/c1-14(22-15-9-5-7-12-21-15)13-20-11-8-6-10-18-16(19)23-17(2,3)4/h14-15H,5-13H2,1-4H3,(H,18,19)/t14-,15?/m0/s1. The van der Waals surface area contributed by atoms with Crippen molar-refractivity contribution in [3.05, 3.63) is 0 Å². The highest BCUT2D eigenvalue weighted by Crippen LogP contribution is 2.15. The van der Waals surface area contributed by atoms with Gasteiger partial charge in [0.25, 0.3) is 0 Å². The summed E-state index contributed by atoms with van der Waals surface area (Å²) in [5, 5.41) is 2.74. The van der Waals surface area contributed by atoms with E-state index in [9.17, 15) is 4.79 Å². The van der Waals surface area contributed by atoms with Crippen LogP contribution in [0.15, 0.2) is 0 Å². The highest BCUT2D eigenvalue weighted by atomic mass is 16.7. The van der Waals surface area contributed by atoms with Crippen molar-refractivity contribution in [2.75, 3.05) is 26.4 Å². The number of nitrogens with one attached hydrogen (secondary N) is 1. The Hall–Kier alpha value is -0.850. The number of carbonyl (C=O) groups is 1. The lowest BCUT2D eigenvalue weighted by Gasteiger charge is -2.25. The molecule has 1 unspecified atom stereocenters. The second-order valence-electron chi connectivity index (χ2n) is 6.95. The van der Waals surface area contributed by atoms with Crippen LogP contribution in [0, 0.1) is 0 Å². The summed E-state index contributed by atoms with van der Waals surface area (Å²) in [6.45, 7) is 10.2. The van der Waals surface area contributed by atoms with Gasteiger partial charge in [0.1, 0.15) is 5.60 Å². The Balaban J connectivity index is 1.91. The lowest BCUT2D eigenvalue weighted by atomic mass is 10.2. The van der Waals surface area contributed by atoms with Crippen molar-refractivity contribution in [1.29, 1.82) is 0 Å². The van der Waals surface area contributed by atoms with Crippen molar-refractivity contribution in [3.8, 4) is 0 Å². The Morgan fingerprint density at radius 1 is 1.30 bits per heavy atom. The number of amides is 1. The molecule has 1 amide bonds. The Bertz CT molecular complexity index is 323. The van der Waals surface area contributed by atoms with Crippen molar-refractivity contribution in [2.24, 2.45) is 0 Å². The van der Waals surface area contributed by atoms with E-state index in [1.807, 2.05) is 27.7 Å². The fourth-order valence-electron chi connectivity index (χ4n) is 2.20. The predicted octanol–water partition coefficient (Wildman–Crippen LogP) is 3.24. The van der Waals surface area contributed by atoms with Gasteiger partial charge < -0.3 is 24.3 Å². The molecule has 1 N–H and O–H groups in total. The summed E-state index contributed by atoms with van der Waals surface area (Å²) < 4.78 is 22.1. The zero-order valence-electron chi connectivity index (χ0n) is 15.1. The first kappa shape index (κ1) is 20.2. The van der Waals surface area contributed by atoms with Gasteiger partial charge in [0.15, 0.2) is 6.29 Å². The SMILES string of the molecule is C[C@@H](COCCCCNC(=O)OC(C)(C)C)OC1CCCCO1. The minimum Gasteiger partial charge on any atom is -0.444 e. The van der Waals surface area contributed by atoms with E-state index in [0.29, 0.717) is 19.8 Å². The van der Waals surface area contributed by atoms with E-state index in [1.165, 1.54) is 6.42 Å². The lowest BCUT2D eigenvalue weighted by molar-refractivity contribution is -0.193. The van der Waals surface area contributed by atoms with Crippen molar-refractivity contribution >= 4 is 6.09 Å². The summed E-state index contributed by atoms with van der Waals surface area (Å²) in [6, 6.07) is 0. The summed E-state index contributed by atoms with van der Waals surface area (Å²) in [5.41, 5.74) is -0.453. The number of unbranched alkanes of at least 4 members (excludes halogenated alkanes) is 1. The molecule has 0 aliphatic carbocycles. The largest absolute Gasteiger partial charge is 0.444 e. The maximum atomic E-state index is 11.4. The van der Waals surface area contributed by atoms with E-state index in [-0.39, 0.29) is 18.5 Å². The number of ether oxygens (including phenoxy) is 4. The van der Waals surface area contributed by atoms with Gasteiger partial charge in [-0.15, -0.1) is 0 Å². The van der Waals surface area contributed by atoms with E-state index in [4.69, 9.17) is 18.9 Å². The second-order valence-corrected chi connectivity index (χ2v) is 6.95. The van der Waals surface area contributed by atoms with Crippen LogP contribution in [0.2, 0.25) is 0 Å². The van der Waals surface area contributed by atoms with Gasteiger partial charge in [-0.3, -0.25) is 0 Å². The fourth-order valence-corrected chi connectivity index (χ4v) is 2.20. The molecular weight excluding hydrogens is 298 g/mol. The Morgan fingerprint density at radius 3 is 2.74 bits per heavy atom. The fraction of sp³-hybridized carbons (Fsp3) is 0.941. The molecule has 2 atom stereocenters. The van der Waals surface area contributed by atoms with Crippen LogP contribution >= 0.6 is 0 Å². The molecule has 0 radical (unpaired) electrons. The van der Waals surface area contributed by atoms with Crippen LogP contribution in [0.1, 0.15) is 59.8 Å². The summed E-state index contributed by atoms with van der Waals surface area (Å²) in [6.07, 6.45) is 4.63. The van der Waals surface area contributed by atoms with Gasteiger partial charge in [0.2, 0.25) is 0 Å². The maximum Gasteiger partial charge on any atom is 0.407 e. The van der Waals surface area contributed by atoms with Gasteiger partial charge in [0, 0.05) is 19.8 Å². The van der Waals surface area contributed by atoms with E-state index in [0.717, 1.165) is 32.3 Å².